The molecule has 0 bridgehead atoms. The van der Waals surface area contributed by atoms with Gasteiger partial charge in [0.15, 0.2) is 5.75 Å². The average molecular weight is 289 g/mol. The van der Waals surface area contributed by atoms with Crippen LogP contribution in [0.4, 0.5) is 5.69 Å². The van der Waals surface area contributed by atoms with Crippen molar-refractivity contribution in [2.45, 2.75) is 20.5 Å². The van der Waals surface area contributed by atoms with Gasteiger partial charge >= 0.3 is 5.97 Å². The summed E-state index contributed by atoms with van der Waals surface area (Å²) in [6.07, 6.45) is 0. The molecule has 0 aliphatic heterocycles. The molecule has 6 heteroatoms. The van der Waals surface area contributed by atoms with E-state index in [-0.39, 0.29) is 6.61 Å². The molecule has 2 N–H and O–H groups in total. The van der Waals surface area contributed by atoms with Gasteiger partial charge in [-0.1, -0.05) is 6.07 Å². The molecule has 1 heterocycles. The predicted octanol–water partition coefficient (Wildman–Crippen LogP) is 2.07. The van der Waals surface area contributed by atoms with Gasteiger partial charge in [0.25, 0.3) is 0 Å². The maximum Gasteiger partial charge on any atom is 0.342 e. The Hall–Kier alpha value is -2.50. The molecule has 0 aliphatic rings. The lowest BCUT2D eigenvalue weighted by molar-refractivity contribution is 0.0459. The predicted molar refractivity (Wildman–Crippen MR) is 79.1 cm³/mol. The van der Waals surface area contributed by atoms with E-state index in [4.69, 9.17) is 15.2 Å². The number of carbonyl (C=O) groups is 1. The Morgan fingerprint density at radius 2 is 2.19 bits per heavy atom. The first-order valence-electron chi connectivity index (χ1n) is 6.70. The average Bonchev–Trinajstić information content (AvgIpc) is 2.76. The summed E-state index contributed by atoms with van der Waals surface area (Å²) in [4.78, 5) is 12.2. The van der Waals surface area contributed by atoms with Gasteiger partial charge in [-0.3, -0.25) is 4.68 Å². The highest BCUT2D eigenvalue weighted by atomic mass is 16.5. The first-order valence-corrected chi connectivity index (χ1v) is 6.70. The van der Waals surface area contributed by atoms with E-state index in [0.29, 0.717) is 23.6 Å². The molecule has 0 atom stereocenters. The fourth-order valence-electron chi connectivity index (χ4n) is 2.04. The van der Waals surface area contributed by atoms with E-state index in [1.165, 1.54) is 0 Å². The Kier molecular flexibility index (Phi) is 4.47. The molecule has 1 aromatic heterocycles. The molecule has 0 spiro atoms. The van der Waals surface area contributed by atoms with Crippen molar-refractivity contribution in [3.05, 3.63) is 41.2 Å². The van der Waals surface area contributed by atoms with Gasteiger partial charge in [-0.25, -0.2) is 4.79 Å². The Labute approximate surface area is 123 Å². The molecule has 0 saturated carbocycles. The lowest BCUT2D eigenvalue weighted by Crippen LogP contribution is -2.11. The van der Waals surface area contributed by atoms with E-state index in [1.807, 2.05) is 27.0 Å². The number of esters is 1. The molecule has 0 amide bonds. The molecule has 0 radical (unpaired) electrons. The van der Waals surface area contributed by atoms with Gasteiger partial charge in [0.05, 0.1) is 23.7 Å². The van der Waals surface area contributed by atoms with Crippen molar-refractivity contribution in [3.8, 4) is 5.75 Å². The van der Waals surface area contributed by atoms with E-state index in [2.05, 4.69) is 5.10 Å². The van der Waals surface area contributed by atoms with Crippen LogP contribution in [-0.2, 0) is 18.4 Å². The SMILES string of the molecule is CCOc1c(N)cccc1C(=O)OCc1cc(C)nn1C. The highest BCUT2D eigenvalue weighted by Gasteiger charge is 2.17. The number of hydrogen-bond donors (Lipinski definition) is 1. The van der Waals surface area contributed by atoms with E-state index in [1.54, 1.807) is 22.9 Å². The number of nitrogen functional groups attached to an aromatic ring is 1. The van der Waals surface area contributed by atoms with Gasteiger partial charge < -0.3 is 15.2 Å². The summed E-state index contributed by atoms with van der Waals surface area (Å²) >= 11 is 0. The summed E-state index contributed by atoms with van der Waals surface area (Å²) in [5, 5.41) is 4.20. The van der Waals surface area contributed by atoms with Gasteiger partial charge in [0.2, 0.25) is 0 Å². The second-order valence-corrected chi connectivity index (χ2v) is 4.63. The van der Waals surface area contributed by atoms with Crippen molar-refractivity contribution >= 4 is 11.7 Å². The van der Waals surface area contributed by atoms with Gasteiger partial charge in [0, 0.05) is 7.05 Å². The number of aromatic nitrogens is 2. The number of benzene rings is 1. The van der Waals surface area contributed by atoms with Crippen LogP contribution < -0.4 is 10.5 Å². The van der Waals surface area contributed by atoms with Crippen molar-refractivity contribution in [2.75, 3.05) is 12.3 Å². The second-order valence-electron chi connectivity index (χ2n) is 4.63. The number of nitrogens with zero attached hydrogens (tertiary/aromatic N) is 2. The first-order chi connectivity index (χ1) is 10.0. The fourth-order valence-corrected chi connectivity index (χ4v) is 2.04. The molecule has 0 saturated heterocycles. The summed E-state index contributed by atoms with van der Waals surface area (Å²) in [5.74, 6) is -0.101. The molecule has 0 aliphatic carbocycles. The Morgan fingerprint density at radius 1 is 1.43 bits per heavy atom. The number of aryl methyl sites for hydroxylation is 2. The minimum atomic E-state index is -0.468. The van der Waals surface area contributed by atoms with Crippen LogP contribution >= 0.6 is 0 Å². The maximum absolute atomic E-state index is 12.2. The van der Waals surface area contributed by atoms with Crippen LogP contribution in [0.2, 0.25) is 0 Å². The number of para-hydroxylation sites is 1. The van der Waals surface area contributed by atoms with Crippen LogP contribution in [0, 0.1) is 6.92 Å². The lowest BCUT2D eigenvalue weighted by atomic mass is 10.1. The minimum absolute atomic E-state index is 0.149. The molecule has 21 heavy (non-hydrogen) atoms. The number of rotatable bonds is 5. The Bertz CT molecular complexity index is 650. The number of ether oxygens (including phenoxy) is 2. The zero-order valence-corrected chi connectivity index (χ0v) is 12.4. The Morgan fingerprint density at radius 3 is 2.81 bits per heavy atom. The fraction of sp³-hybridized carbons (Fsp3) is 0.333. The van der Waals surface area contributed by atoms with Crippen LogP contribution in [0.3, 0.4) is 0 Å². The standard InChI is InChI=1S/C15H19N3O3/c1-4-20-14-12(6-5-7-13(14)16)15(19)21-9-11-8-10(2)17-18(11)3/h5-8H,4,9,16H2,1-3H3. The van der Waals surface area contributed by atoms with Crippen LogP contribution in [0.15, 0.2) is 24.3 Å². The maximum atomic E-state index is 12.2. The minimum Gasteiger partial charge on any atom is -0.491 e. The van der Waals surface area contributed by atoms with Crippen molar-refractivity contribution in [3.63, 3.8) is 0 Å². The molecular weight excluding hydrogens is 270 g/mol. The third-order valence-corrected chi connectivity index (χ3v) is 3.00. The third kappa shape index (κ3) is 3.34. The summed E-state index contributed by atoms with van der Waals surface area (Å²) in [5.41, 5.74) is 8.28. The topological polar surface area (TPSA) is 79.4 Å². The van der Waals surface area contributed by atoms with Crippen LogP contribution in [-0.4, -0.2) is 22.4 Å². The van der Waals surface area contributed by atoms with Crippen molar-refractivity contribution in [2.24, 2.45) is 7.05 Å². The van der Waals surface area contributed by atoms with Crippen LogP contribution in [0.5, 0.6) is 5.75 Å². The largest absolute Gasteiger partial charge is 0.491 e. The van der Waals surface area contributed by atoms with Crippen molar-refractivity contribution in [1.82, 2.24) is 9.78 Å². The Balaban J connectivity index is 2.13. The monoisotopic (exact) mass is 289 g/mol. The quantitative estimate of drug-likeness (QED) is 0.673. The van der Waals surface area contributed by atoms with Gasteiger partial charge in [-0.15, -0.1) is 0 Å². The summed E-state index contributed by atoms with van der Waals surface area (Å²) in [7, 11) is 1.81. The number of nitrogens with two attached hydrogens (primary N) is 1. The molecule has 1 aromatic carbocycles. The molecule has 0 unspecified atom stereocenters. The van der Waals surface area contributed by atoms with E-state index in [9.17, 15) is 4.79 Å². The zero-order chi connectivity index (χ0) is 15.4. The summed E-state index contributed by atoms with van der Waals surface area (Å²) < 4.78 is 12.4. The third-order valence-electron chi connectivity index (χ3n) is 3.00. The number of anilines is 1. The van der Waals surface area contributed by atoms with Gasteiger partial charge in [-0.05, 0) is 32.0 Å². The lowest BCUT2D eigenvalue weighted by Gasteiger charge is -2.12. The summed E-state index contributed by atoms with van der Waals surface area (Å²) in [6.45, 7) is 4.29. The van der Waals surface area contributed by atoms with E-state index >= 15 is 0 Å². The molecule has 0 fully saturated rings. The van der Waals surface area contributed by atoms with E-state index < -0.39 is 5.97 Å². The molecule has 2 aromatic rings. The van der Waals surface area contributed by atoms with Crippen LogP contribution in [0.25, 0.3) is 0 Å². The van der Waals surface area contributed by atoms with E-state index in [0.717, 1.165) is 11.4 Å². The first kappa shape index (κ1) is 14.9. The highest BCUT2D eigenvalue weighted by Crippen LogP contribution is 2.27. The molecule has 2 rings (SSSR count). The zero-order valence-electron chi connectivity index (χ0n) is 12.4. The molecule has 112 valence electrons. The summed E-state index contributed by atoms with van der Waals surface area (Å²) in [6, 6.07) is 6.89. The second kappa shape index (κ2) is 6.30. The normalized spacial score (nSPS) is 10.4. The van der Waals surface area contributed by atoms with Gasteiger partial charge in [0.1, 0.15) is 12.2 Å². The number of hydrogen-bond acceptors (Lipinski definition) is 5. The van der Waals surface area contributed by atoms with Crippen molar-refractivity contribution in [1.29, 1.82) is 0 Å². The van der Waals surface area contributed by atoms with Gasteiger partial charge in [-0.2, -0.15) is 5.10 Å². The molecular formula is C15H19N3O3. The van der Waals surface area contributed by atoms with Crippen LogP contribution in [0.1, 0.15) is 28.7 Å². The molecule has 6 nitrogen and oxygen atoms in total. The highest BCUT2D eigenvalue weighted by molar-refractivity contribution is 5.94. The number of carbonyl (C=O) groups excluding carboxylic acids is 1. The van der Waals surface area contributed by atoms with Crippen molar-refractivity contribution < 1.29 is 14.3 Å². The smallest absolute Gasteiger partial charge is 0.342 e.